The zero-order valence-corrected chi connectivity index (χ0v) is 13.5. The van der Waals surface area contributed by atoms with E-state index < -0.39 is 0 Å². The minimum absolute atomic E-state index is 0.318. The molecule has 1 rings (SSSR count). The monoisotopic (exact) mass is 278 g/mol. The van der Waals surface area contributed by atoms with Crippen LogP contribution < -0.4 is 5.32 Å². The van der Waals surface area contributed by atoms with Crippen molar-refractivity contribution in [2.75, 3.05) is 26.7 Å². The first kappa shape index (κ1) is 17.2. The van der Waals surface area contributed by atoms with Gasteiger partial charge in [0.15, 0.2) is 0 Å². The lowest BCUT2D eigenvalue weighted by atomic mass is 10.1. The normalized spacial score (nSPS) is 11.5. The van der Waals surface area contributed by atoms with E-state index in [1.54, 1.807) is 0 Å². The fraction of sp³-hybridized carbons (Fsp3) is 0.647. The lowest BCUT2D eigenvalue weighted by Crippen LogP contribution is -2.24. The van der Waals surface area contributed by atoms with Gasteiger partial charge in [-0.25, -0.2) is 0 Å². The van der Waals surface area contributed by atoms with Gasteiger partial charge in [0.05, 0.1) is 12.7 Å². The van der Waals surface area contributed by atoms with Gasteiger partial charge < -0.3 is 10.1 Å². The molecule has 0 heterocycles. The maximum absolute atomic E-state index is 5.57. The maximum atomic E-state index is 5.57. The van der Waals surface area contributed by atoms with Crippen molar-refractivity contribution in [3.63, 3.8) is 0 Å². The fourth-order valence-corrected chi connectivity index (χ4v) is 2.01. The molecule has 0 fully saturated rings. The quantitative estimate of drug-likeness (QED) is 0.666. The highest BCUT2D eigenvalue weighted by atomic mass is 16.5. The molecule has 1 aromatic rings. The summed E-state index contributed by atoms with van der Waals surface area (Å²) >= 11 is 0. The highest BCUT2D eigenvalue weighted by molar-refractivity contribution is 5.22. The van der Waals surface area contributed by atoms with Crippen LogP contribution in [0.3, 0.4) is 0 Å². The Hall–Kier alpha value is -0.900. The van der Waals surface area contributed by atoms with Gasteiger partial charge in [-0.15, -0.1) is 0 Å². The molecular formula is C17H30N2O. The van der Waals surface area contributed by atoms with Gasteiger partial charge in [0.25, 0.3) is 0 Å². The third-order valence-corrected chi connectivity index (χ3v) is 3.16. The van der Waals surface area contributed by atoms with Gasteiger partial charge in [-0.1, -0.05) is 31.2 Å². The van der Waals surface area contributed by atoms with Crippen LogP contribution >= 0.6 is 0 Å². The Morgan fingerprint density at radius 2 is 1.80 bits per heavy atom. The molecule has 0 saturated heterocycles. The molecule has 3 heteroatoms. The molecule has 1 aromatic carbocycles. The first-order valence-corrected chi connectivity index (χ1v) is 7.70. The Morgan fingerprint density at radius 3 is 2.40 bits per heavy atom. The average molecular weight is 278 g/mol. The molecular weight excluding hydrogens is 248 g/mol. The van der Waals surface area contributed by atoms with Crippen LogP contribution in [0.15, 0.2) is 24.3 Å². The molecule has 0 radical (unpaired) electrons. The van der Waals surface area contributed by atoms with E-state index in [-0.39, 0.29) is 0 Å². The predicted molar refractivity (Wildman–Crippen MR) is 85.9 cm³/mol. The zero-order valence-electron chi connectivity index (χ0n) is 13.5. The van der Waals surface area contributed by atoms with Crippen molar-refractivity contribution >= 4 is 0 Å². The second-order valence-corrected chi connectivity index (χ2v) is 5.65. The Kier molecular flexibility index (Phi) is 8.51. The predicted octanol–water partition coefficient (Wildman–Crippen LogP) is 3.04. The Labute approximate surface area is 124 Å². The van der Waals surface area contributed by atoms with Crippen molar-refractivity contribution in [2.24, 2.45) is 0 Å². The molecule has 0 spiro atoms. The lowest BCUT2D eigenvalue weighted by Gasteiger charge is -2.18. The number of hydrogen-bond acceptors (Lipinski definition) is 3. The third-order valence-electron chi connectivity index (χ3n) is 3.16. The van der Waals surface area contributed by atoms with E-state index in [0.29, 0.717) is 6.10 Å². The van der Waals surface area contributed by atoms with Crippen LogP contribution in [0.5, 0.6) is 0 Å². The Balaban J connectivity index is 2.29. The molecule has 0 aliphatic rings. The van der Waals surface area contributed by atoms with E-state index in [4.69, 9.17) is 4.74 Å². The molecule has 0 amide bonds. The summed E-state index contributed by atoms with van der Waals surface area (Å²) in [6.45, 7) is 11.1. The lowest BCUT2D eigenvalue weighted by molar-refractivity contribution is 0.0627. The minimum atomic E-state index is 0.318. The zero-order chi connectivity index (χ0) is 14.8. The molecule has 0 aliphatic heterocycles. The number of rotatable bonds is 10. The molecule has 20 heavy (non-hydrogen) atoms. The Bertz CT molecular complexity index is 349. The van der Waals surface area contributed by atoms with E-state index in [1.165, 1.54) is 17.5 Å². The van der Waals surface area contributed by atoms with Crippen LogP contribution in [0.1, 0.15) is 38.3 Å². The van der Waals surface area contributed by atoms with Crippen molar-refractivity contribution in [1.82, 2.24) is 10.2 Å². The fourth-order valence-electron chi connectivity index (χ4n) is 2.01. The summed E-state index contributed by atoms with van der Waals surface area (Å²) in [5.41, 5.74) is 2.71. The van der Waals surface area contributed by atoms with Crippen LogP contribution in [0.25, 0.3) is 0 Å². The molecule has 1 N–H and O–H groups in total. The van der Waals surface area contributed by atoms with Gasteiger partial charge in [0.2, 0.25) is 0 Å². The largest absolute Gasteiger partial charge is 0.377 e. The average Bonchev–Trinajstić information content (AvgIpc) is 2.40. The SMILES string of the molecule is CCCNCc1ccc(CN(C)CCOC(C)C)cc1. The number of nitrogens with one attached hydrogen (secondary N) is 1. The first-order valence-electron chi connectivity index (χ1n) is 7.70. The summed E-state index contributed by atoms with van der Waals surface area (Å²) in [4.78, 5) is 2.30. The molecule has 0 unspecified atom stereocenters. The minimum Gasteiger partial charge on any atom is -0.377 e. The summed E-state index contributed by atoms with van der Waals surface area (Å²) in [5.74, 6) is 0. The van der Waals surface area contributed by atoms with Gasteiger partial charge in [-0.2, -0.15) is 0 Å². The summed E-state index contributed by atoms with van der Waals surface area (Å²) in [6, 6.07) is 8.89. The number of ether oxygens (including phenoxy) is 1. The van der Waals surface area contributed by atoms with E-state index in [1.807, 2.05) is 0 Å². The number of hydrogen-bond donors (Lipinski definition) is 1. The molecule has 0 bridgehead atoms. The van der Waals surface area contributed by atoms with E-state index in [0.717, 1.165) is 32.8 Å². The topological polar surface area (TPSA) is 24.5 Å². The summed E-state index contributed by atoms with van der Waals surface area (Å²) in [6.07, 6.45) is 1.50. The molecule has 0 atom stereocenters. The molecule has 114 valence electrons. The smallest absolute Gasteiger partial charge is 0.0596 e. The summed E-state index contributed by atoms with van der Waals surface area (Å²) in [5, 5.41) is 3.42. The third kappa shape index (κ3) is 7.63. The van der Waals surface area contributed by atoms with Gasteiger partial charge in [0.1, 0.15) is 0 Å². The van der Waals surface area contributed by atoms with Crippen molar-refractivity contribution in [3.8, 4) is 0 Å². The van der Waals surface area contributed by atoms with Gasteiger partial charge in [0, 0.05) is 19.6 Å². The summed E-state index contributed by atoms with van der Waals surface area (Å²) < 4.78 is 5.57. The van der Waals surface area contributed by atoms with Crippen LogP contribution in [-0.4, -0.2) is 37.7 Å². The van der Waals surface area contributed by atoms with E-state index in [2.05, 4.69) is 62.3 Å². The van der Waals surface area contributed by atoms with E-state index in [9.17, 15) is 0 Å². The van der Waals surface area contributed by atoms with Crippen molar-refractivity contribution in [1.29, 1.82) is 0 Å². The standard InChI is InChI=1S/C17H30N2O/c1-5-10-18-13-16-6-8-17(9-7-16)14-19(4)11-12-20-15(2)3/h6-9,15,18H,5,10-14H2,1-4H3. The summed E-state index contributed by atoms with van der Waals surface area (Å²) in [7, 11) is 2.14. The van der Waals surface area contributed by atoms with Crippen molar-refractivity contribution < 1.29 is 4.74 Å². The second kappa shape index (κ2) is 9.92. The number of benzene rings is 1. The molecule has 0 aromatic heterocycles. The number of nitrogens with zero attached hydrogens (tertiary/aromatic N) is 1. The highest BCUT2D eigenvalue weighted by Crippen LogP contribution is 2.07. The van der Waals surface area contributed by atoms with Crippen LogP contribution in [0.4, 0.5) is 0 Å². The second-order valence-electron chi connectivity index (χ2n) is 5.65. The van der Waals surface area contributed by atoms with Crippen molar-refractivity contribution in [2.45, 2.75) is 46.4 Å². The van der Waals surface area contributed by atoms with E-state index >= 15 is 0 Å². The van der Waals surface area contributed by atoms with Gasteiger partial charge in [-0.3, -0.25) is 4.90 Å². The van der Waals surface area contributed by atoms with Crippen LogP contribution in [-0.2, 0) is 17.8 Å². The van der Waals surface area contributed by atoms with Crippen molar-refractivity contribution in [3.05, 3.63) is 35.4 Å². The van der Waals surface area contributed by atoms with Crippen LogP contribution in [0.2, 0.25) is 0 Å². The van der Waals surface area contributed by atoms with Crippen LogP contribution in [0, 0.1) is 0 Å². The van der Waals surface area contributed by atoms with Gasteiger partial charge in [-0.05, 0) is 45.0 Å². The maximum Gasteiger partial charge on any atom is 0.0596 e. The molecule has 0 aliphatic carbocycles. The Morgan fingerprint density at radius 1 is 1.15 bits per heavy atom. The highest BCUT2D eigenvalue weighted by Gasteiger charge is 2.02. The number of likely N-dealkylation sites (N-methyl/N-ethyl adjacent to an activating group) is 1. The molecule has 0 saturated carbocycles. The first-order chi connectivity index (χ1) is 9.61. The van der Waals surface area contributed by atoms with Gasteiger partial charge >= 0.3 is 0 Å². The molecule has 3 nitrogen and oxygen atoms in total.